The van der Waals surface area contributed by atoms with E-state index in [1.54, 1.807) is 46.1 Å². The molecule has 1 N–H and O–H groups in total. The molecule has 0 unspecified atom stereocenters. The number of amides is 3. The number of hydrogen-bond donors (Lipinski definition) is 1. The molecule has 1 fully saturated rings. The first-order valence-corrected chi connectivity index (χ1v) is 29.7. The van der Waals surface area contributed by atoms with E-state index in [0.29, 0.717) is 45.8 Å². The Morgan fingerprint density at radius 2 is 1.43 bits per heavy atom. The fraction of sp³-hybridized carbons (Fsp3) is 0.367. The van der Waals surface area contributed by atoms with Crippen LogP contribution in [0, 0.1) is 0 Å². The van der Waals surface area contributed by atoms with Gasteiger partial charge in [-0.05, 0) is 80.6 Å². The van der Waals surface area contributed by atoms with Gasteiger partial charge in [0.2, 0.25) is 6.41 Å². The molecule has 7 rings (SSSR count). The number of esters is 2. The molecule has 1 saturated heterocycles. The number of alkyl carbamates (subject to hydrolysis) is 1. The predicted octanol–water partition coefficient (Wildman–Crippen LogP) is 10.8. The summed E-state index contributed by atoms with van der Waals surface area (Å²) in [5.41, 5.74) is 3.51. The smallest absolute Gasteiger partial charge is 0.412 e. The van der Waals surface area contributed by atoms with Gasteiger partial charge < -0.3 is 43.4 Å². The number of pyridine rings is 1. The van der Waals surface area contributed by atoms with Crippen molar-refractivity contribution in [3.05, 3.63) is 156 Å². The fourth-order valence-electron chi connectivity index (χ4n) is 8.69. The highest BCUT2D eigenvalue weighted by atomic mass is 28.3. The molecule has 0 bridgehead atoms. The van der Waals surface area contributed by atoms with Crippen molar-refractivity contribution in [1.82, 2.24) is 20.1 Å². The number of carbonyl (C=O) groups is 5. The Kier molecular flexibility index (Phi) is 19.7. The number of rotatable bonds is 24. The lowest BCUT2D eigenvalue weighted by atomic mass is 10.1. The van der Waals surface area contributed by atoms with Crippen molar-refractivity contribution >= 4 is 49.5 Å². The van der Waals surface area contributed by atoms with E-state index in [1.165, 1.54) is 9.80 Å². The van der Waals surface area contributed by atoms with Gasteiger partial charge in [-0.15, -0.1) is 0 Å². The number of nitrogens with one attached hydrogen (secondary N) is 1. The Hall–Kier alpha value is -7.92. The van der Waals surface area contributed by atoms with Gasteiger partial charge in [-0.3, -0.25) is 9.69 Å². The minimum atomic E-state index is -1.52. The van der Waals surface area contributed by atoms with Crippen LogP contribution in [0.5, 0.6) is 17.2 Å². The number of benzene rings is 5. The molecule has 406 valence electrons. The average molecular weight is 1070 g/mol. The monoisotopic (exact) mass is 1070 g/mol. The number of nitrogens with zero attached hydrogens (tertiary/aromatic N) is 3. The average Bonchev–Trinajstić information content (AvgIpc) is 3.83. The van der Waals surface area contributed by atoms with Crippen LogP contribution in [0.4, 0.5) is 9.59 Å². The Labute approximate surface area is 451 Å². The molecular weight excluding hydrogens is 997 g/mol. The molecule has 6 aromatic rings. The van der Waals surface area contributed by atoms with Crippen LogP contribution in [0.1, 0.15) is 56.7 Å². The fourth-order valence-corrected chi connectivity index (χ4v) is 9.40. The number of carbonyl (C=O) groups excluding carboxylic acids is 5. The van der Waals surface area contributed by atoms with Crippen molar-refractivity contribution < 1.29 is 57.1 Å². The summed E-state index contributed by atoms with van der Waals surface area (Å²) >= 11 is 0. The zero-order chi connectivity index (χ0) is 55.0. The van der Waals surface area contributed by atoms with Crippen molar-refractivity contribution in [1.29, 1.82) is 0 Å². The number of methoxy groups -OCH3 is 1. The molecule has 0 radical (unpaired) electrons. The first kappa shape index (κ1) is 56.8. The molecule has 4 atom stereocenters. The summed E-state index contributed by atoms with van der Waals surface area (Å²) in [7, 11) is 0.0656. The van der Waals surface area contributed by atoms with Gasteiger partial charge >= 0.3 is 24.1 Å². The van der Waals surface area contributed by atoms with E-state index >= 15 is 0 Å². The standard InChI is InChI=1S/C60H70N4O12Si/c1-60(2,3)76-59(69)63-38-48(75-54-37-50(45-24-15-10-16-25-45)61-51-35-46(70-4)28-29-49(51)54)36-55(63)64(41-65)53(57(67)73-39-42-19-11-8-12-20-42)27-18-30-71-47-26-17-23-44(33-47)34-52(56(66)72-31-32-77(5,6)7)62-58(68)74-40-43-21-13-9-14-22-43/h8-17,19-26,28-29,33,35,37,41,48,52-53,55H,18,27,30-32,34,36,38-40H2,1-7H3,(H,62,68)/t48-,52+,53-,55-/m1/s1. The lowest BCUT2D eigenvalue weighted by Gasteiger charge is -2.37. The first-order valence-electron chi connectivity index (χ1n) is 25.9. The highest BCUT2D eigenvalue weighted by Crippen LogP contribution is 2.36. The molecular formula is C60H70N4O12Si. The summed E-state index contributed by atoms with van der Waals surface area (Å²) in [6, 6.07) is 41.2. The van der Waals surface area contributed by atoms with Gasteiger partial charge in [-0.1, -0.05) is 123 Å². The van der Waals surface area contributed by atoms with Crippen molar-refractivity contribution in [2.75, 3.05) is 26.9 Å². The largest absolute Gasteiger partial charge is 0.497 e. The summed E-state index contributed by atoms with van der Waals surface area (Å²) in [6.45, 7) is 12.2. The van der Waals surface area contributed by atoms with Gasteiger partial charge in [0.1, 0.15) is 60.4 Å². The van der Waals surface area contributed by atoms with Crippen LogP contribution in [0.3, 0.4) is 0 Å². The molecule has 1 aliphatic heterocycles. The summed E-state index contributed by atoms with van der Waals surface area (Å²) in [5, 5.41) is 3.42. The second-order valence-corrected chi connectivity index (χ2v) is 26.7. The summed E-state index contributed by atoms with van der Waals surface area (Å²) in [5.74, 6) is 0.350. The molecule has 0 spiro atoms. The number of aromatic nitrogens is 1. The van der Waals surface area contributed by atoms with Gasteiger partial charge in [0.05, 0.1) is 38.1 Å². The summed E-state index contributed by atoms with van der Waals surface area (Å²) < 4.78 is 41.5. The van der Waals surface area contributed by atoms with Crippen LogP contribution >= 0.6 is 0 Å². The molecule has 0 aliphatic carbocycles. The SMILES string of the molecule is COc1ccc2c(O[C@@H]3C[C@@H](N(C=O)[C@H](CCCOc4cccc(C[C@H](NC(=O)OCc5ccccc5)C(=O)OCC[Si](C)(C)C)c4)C(=O)OCc4ccccc4)N(C(=O)OC(C)(C)C)C3)cc(-c3ccccc3)nc2c1. The van der Waals surface area contributed by atoms with Crippen molar-refractivity contribution in [3.8, 4) is 28.5 Å². The van der Waals surface area contributed by atoms with Gasteiger partial charge in [-0.2, -0.15) is 0 Å². The van der Waals surface area contributed by atoms with E-state index in [-0.39, 0.29) is 58.7 Å². The maximum atomic E-state index is 14.4. The van der Waals surface area contributed by atoms with Crippen LogP contribution in [0.2, 0.25) is 25.7 Å². The van der Waals surface area contributed by atoms with E-state index in [4.69, 9.17) is 38.1 Å². The molecule has 77 heavy (non-hydrogen) atoms. The summed E-state index contributed by atoms with van der Waals surface area (Å²) in [4.78, 5) is 76.3. The molecule has 17 heteroatoms. The third kappa shape index (κ3) is 17.0. The third-order valence-corrected chi connectivity index (χ3v) is 14.3. The van der Waals surface area contributed by atoms with E-state index in [2.05, 4.69) is 25.0 Å². The van der Waals surface area contributed by atoms with Gasteiger partial charge in [0, 0.05) is 44.0 Å². The van der Waals surface area contributed by atoms with E-state index < -0.39 is 62.2 Å². The van der Waals surface area contributed by atoms with Crippen LogP contribution in [-0.2, 0) is 53.0 Å². The quantitative estimate of drug-likeness (QED) is 0.0199. The molecule has 0 saturated carbocycles. The van der Waals surface area contributed by atoms with Crippen molar-refractivity contribution in [2.45, 2.75) is 115 Å². The second kappa shape index (κ2) is 26.7. The topological polar surface area (TPSA) is 181 Å². The molecule has 1 aromatic heterocycles. The van der Waals surface area contributed by atoms with E-state index in [9.17, 15) is 24.0 Å². The maximum Gasteiger partial charge on any atom is 0.412 e. The minimum absolute atomic E-state index is 0.0250. The zero-order valence-corrected chi connectivity index (χ0v) is 46.0. The Balaban J connectivity index is 1.09. The normalized spacial score (nSPS) is 15.1. The summed E-state index contributed by atoms with van der Waals surface area (Å²) in [6.07, 6.45) is -1.94. The highest BCUT2D eigenvalue weighted by Gasteiger charge is 2.45. The lowest BCUT2D eigenvalue weighted by molar-refractivity contribution is -0.157. The van der Waals surface area contributed by atoms with Gasteiger partial charge in [0.15, 0.2) is 0 Å². The first-order chi connectivity index (χ1) is 36.9. The third-order valence-electron chi connectivity index (χ3n) is 12.6. The van der Waals surface area contributed by atoms with Gasteiger partial charge in [-0.25, -0.2) is 24.2 Å². The lowest BCUT2D eigenvalue weighted by Crippen LogP contribution is -2.54. The molecule has 3 amide bonds. The Morgan fingerprint density at radius 3 is 2.08 bits per heavy atom. The van der Waals surface area contributed by atoms with Crippen LogP contribution < -0.4 is 19.5 Å². The zero-order valence-electron chi connectivity index (χ0n) is 45.0. The number of likely N-dealkylation sites (tertiary alicyclic amines) is 1. The van der Waals surface area contributed by atoms with Crippen LogP contribution in [0.25, 0.3) is 22.2 Å². The van der Waals surface area contributed by atoms with Crippen LogP contribution in [0.15, 0.2) is 140 Å². The molecule has 1 aliphatic rings. The van der Waals surface area contributed by atoms with Crippen LogP contribution in [-0.4, -0.2) is 110 Å². The maximum absolute atomic E-state index is 14.4. The van der Waals surface area contributed by atoms with Crippen molar-refractivity contribution in [3.63, 3.8) is 0 Å². The molecule has 5 aromatic carbocycles. The Morgan fingerprint density at radius 1 is 0.766 bits per heavy atom. The number of fused-ring (bicyclic) bond motifs is 1. The molecule has 2 heterocycles. The second-order valence-electron chi connectivity index (χ2n) is 21.1. The Bertz CT molecular complexity index is 2920. The predicted molar refractivity (Wildman–Crippen MR) is 295 cm³/mol. The number of ether oxygens (including phenoxy) is 7. The molecule has 16 nitrogen and oxygen atoms in total. The minimum Gasteiger partial charge on any atom is -0.497 e. The highest BCUT2D eigenvalue weighted by molar-refractivity contribution is 6.76. The van der Waals surface area contributed by atoms with Crippen molar-refractivity contribution in [2.24, 2.45) is 0 Å². The van der Waals surface area contributed by atoms with E-state index in [0.717, 1.165) is 22.7 Å². The van der Waals surface area contributed by atoms with Gasteiger partial charge in [0.25, 0.3) is 0 Å². The van der Waals surface area contributed by atoms with E-state index in [1.807, 2.05) is 121 Å². The number of hydrogen-bond acceptors (Lipinski definition) is 13.